The third kappa shape index (κ3) is 9.01. The van der Waals surface area contributed by atoms with Gasteiger partial charge >= 0.3 is 0 Å². The number of guanidine groups is 1. The highest BCUT2D eigenvalue weighted by Crippen LogP contribution is 2.26. The van der Waals surface area contributed by atoms with Crippen molar-refractivity contribution in [3.8, 4) is 11.5 Å². The van der Waals surface area contributed by atoms with Crippen LogP contribution in [0, 0.1) is 6.92 Å². The fraction of sp³-hybridized carbons (Fsp3) is 0.350. The van der Waals surface area contributed by atoms with E-state index >= 15 is 0 Å². The maximum Gasteiger partial charge on any atom is 0.211 e. The van der Waals surface area contributed by atoms with Crippen LogP contribution in [-0.4, -0.2) is 40.3 Å². The maximum atomic E-state index is 11.4. The van der Waals surface area contributed by atoms with Crippen molar-refractivity contribution in [2.75, 3.05) is 25.9 Å². The van der Waals surface area contributed by atoms with Crippen LogP contribution in [-0.2, 0) is 16.6 Å². The lowest BCUT2D eigenvalue weighted by Gasteiger charge is -2.15. The third-order valence-electron chi connectivity index (χ3n) is 3.98. The highest BCUT2D eigenvalue weighted by Gasteiger charge is 2.08. The van der Waals surface area contributed by atoms with Crippen molar-refractivity contribution in [3.05, 3.63) is 59.7 Å². The molecular formula is C20H29IN4O3S. The Morgan fingerprint density at radius 2 is 1.79 bits per heavy atom. The molecule has 0 amide bonds. The number of hydrogen-bond acceptors (Lipinski definition) is 4. The van der Waals surface area contributed by atoms with Gasteiger partial charge in [0.05, 0.1) is 5.75 Å². The second-order valence-corrected chi connectivity index (χ2v) is 8.27. The van der Waals surface area contributed by atoms with E-state index in [4.69, 9.17) is 4.74 Å². The SMILES string of the molecule is CCS(=O)(=O)NCCNC(=NC)NCc1ccc(C)cc1Oc1ccccc1.I. The molecule has 0 saturated heterocycles. The van der Waals surface area contributed by atoms with E-state index in [-0.39, 0.29) is 29.7 Å². The summed E-state index contributed by atoms with van der Waals surface area (Å²) in [5, 5.41) is 6.31. The molecule has 2 aromatic rings. The molecule has 0 bridgehead atoms. The van der Waals surface area contributed by atoms with Gasteiger partial charge in [-0.15, -0.1) is 24.0 Å². The Hall–Kier alpha value is -1.85. The third-order valence-corrected chi connectivity index (χ3v) is 5.39. The quantitative estimate of drug-likeness (QED) is 0.200. The lowest BCUT2D eigenvalue weighted by atomic mass is 10.1. The molecule has 0 saturated carbocycles. The normalized spacial score (nSPS) is 11.5. The van der Waals surface area contributed by atoms with E-state index in [1.807, 2.05) is 55.5 Å². The fourth-order valence-corrected chi connectivity index (χ4v) is 3.02. The molecule has 0 spiro atoms. The van der Waals surface area contributed by atoms with E-state index in [0.29, 0.717) is 25.6 Å². The first-order chi connectivity index (χ1) is 13.4. The van der Waals surface area contributed by atoms with Crippen molar-refractivity contribution >= 4 is 40.0 Å². The molecule has 2 rings (SSSR count). The Kier molecular flexibility index (Phi) is 11.0. The number of nitrogens with one attached hydrogen (secondary N) is 3. The summed E-state index contributed by atoms with van der Waals surface area (Å²) in [5.41, 5.74) is 2.10. The fourth-order valence-electron chi connectivity index (χ4n) is 2.41. The molecule has 0 aliphatic carbocycles. The maximum absolute atomic E-state index is 11.4. The van der Waals surface area contributed by atoms with Crippen molar-refractivity contribution in [2.45, 2.75) is 20.4 Å². The van der Waals surface area contributed by atoms with E-state index in [0.717, 1.165) is 22.6 Å². The van der Waals surface area contributed by atoms with E-state index in [1.165, 1.54) is 0 Å². The van der Waals surface area contributed by atoms with Crippen LogP contribution in [0.2, 0.25) is 0 Å². The number of aliphatic imine (C=N–C) groups is 1. The van der Waals surface area contributed by atoms with Crippen LogP contribution in [0.15, 0.2) is 53.5 Å². The number of rotatable bonds is 9. The highest BCUT2D eigenvalue weighted by molar-refractivity contribution is 14.0. The predicted molar refractivity (Wildman–Crippen MR) is 129 cm³/mol. The second-order valence-electron chi connectivity index (χ2n) is 6.18. The summed E-state index contributed by atoms with van der Waals surface area (Å²) >= 11 is 0. The molecule has 3 N–H and O–H groups in total. The van der Waals surface area contributed by atoms with Crippen LogP contribution in [0.3, 0.4) is 0 Å². The summed E-state index contributed by atoms with van der Waals surface area (Å²) in [5.74, 6) is 2.21. The number of ether oxygens (including phenoxy) is 1. The van der Waals surface area contributed by atoms with Gasteiger partial charge < -0.3 is 15.4 Å². The van der Waals surface area contributed by atoms with Gasteiger partial charge in [0.1, 0.15) is 11.5 Å². The van der Waals surface area contributed by atoms with Crippen LogP contribution >= 0.6 is 24.0 Å². The minimum Gasteiger partial charge on any atom is -0.457 e. The molecule has 0 unspecified atom stereocenters. The Morgan fingerprint density at radius 3 is 2.45 bits per heavy atom. The Labute approximate surface area is 190 Å². The van der Waals surface area contributed by atoms with Crippen molar-refractivity contribution in [1.82, 2.24) is 15.4 Å². The minimum absolute atomic E-state index is 0. The molecule has 9 heteroatoms. The van der Waals surface area contributed by atoms with Gasteiger partial charge in [-0.05, 0) is 37.6 Å². The van der Waals surface area contributed by atoms with Crippen molar-refractivity contribution in [2.24, 2.45) is 4.99 Å². The van der Waals surface area contributed by atoms with Crippen LogP contribution in [0.25, 0.3) is 0 Å². The van der Waals surface area contributed by atoms with Crippen molar-refractivity contribution in [1.29, 1.82) is 0 Å². The van der Waals surface area contributed by atoms with Crippen molar-refractivity contribution in [3.63, 3.8) is 0 Å². The molecule has 160 valence electrons. The first-order valence-electron chi connectivity index (χ1n) is 9.18. The first-order valence-corrected chi connectivity index (χ1v) is 10.8. The zero-order chi connectivity index (χ0) is 20.4. The van der Waals surface area contributed by atoms with E-state index < -0.39 is 10.0 Å². The average molecular weight is 532 g/mol. The highest BCUT2D eigenvalue weighted by atomic mass is 127. The van der Waals surface area contributed by atoms with Gasteiger partial charge in [-0.2, -0.15) is 0 Å². The van der Waals surface area contributed by atoms with E-state index in [9.17, 15) is 8.42 Å². The van der Waals surface area contributed by atoms with Gasteiger partial charge in [0.2, 0.25) is 10.0 Å². The number of benzene rings is 2. The summed E-state index contributed by atoms with van der Waals surface area (Å²) in [6.07, 6.45) is 0. The summed E-state index contributed by atoms with van der Waals surface area (Å²) in [4.78, 5) is 4.16. The van der Waals surface area contributed by atoms with Crippen LogP contribution < -0.4 is 20.1 Å². The largest absolute Gasteiger partial charge is 0.457 e. The molecule has 0 fully saturated rings. The molecule has 29 heavy (non-hydrogen) atoms. The number of hydrogen-bond donors (Lipinski definition) is 3. The van der Waals surface area contributed by atoms with Gasteiger partial charge in [0.25, 0.3) is 0 Å². The van der Waals surface area contributed by atoms with Gasteiger partial charge in [-0.25, -0.2) is 13.1 Å². The van der Waals surface area contributed by atoms with Crippen LogP contribution in [0.4, 0.5) is 0 Å². The molecule has 2 aromatic carbocycles. The Bertz CT molecular complexity index is 890. The molecule has 0 heterocycles. The molecule has 0 aliphatic heterocycles. The predicted octanol–water partition coefficient (Wildman–Crippen LogP) is 3.01. The Morgan fingerprint density at radius 1 is 1.07 bits per heavy atom. The van der Waals surface area contributed by atoms with Crippen LogP contribution in [0.1, 0.15) is 18.1 Å². The number of nitrogens with zero attached hydrogens (tertiary/aromatic N) is 1. The van der Waals surface area contributed by atoms with Crippen molar-refractivity contribution < 1.29 is 13.2 Å². The lowest BCUT2D eigenvalue weighted by molar-refractivity contribution is 0.474. The first kappa shape index (κ1) is 25.2. The van der Waals surface area contributed by atoms with Gasteiger partial charge in [-0.1, -0.05) is 30.3 Å². The summed E-state index contributed by atoms with van der Waals surface area (Å²) in [6, 6.07) is 15.7. The van der Waals surface area contributed by atoms with Gasteiger partial charge in [0.15, 0.2) is 5.96 Å². The lowest BCUT2D eigenvalue weighted by Crippen LogP contribution is -2.41. The molecule has 0 aliphatic rings. The Balaban J connectivity index is 0.00000420. The van der Waals surface area contributed by atoms with E-state index in [1.54, 1.807) is 14.0 Å². The zero-order valence-electron chi connectivity index (χ0n) is 16.9. The van der Waals surface area contributed by atoms with Gasteiger partial charge in [-0.3, -0.25) is 4.99 Å². The molecule has 7 nitrogen and oxygen atoms in total. The summed E-state index contributed by atoms with van der Waals surface area (Å²) in [6.45, 7) is 4.87. The van der Waals surface area contributed by atoms with E-state index in [2.05, 4.69) is 20.3 Å². The molecule has 0 atom stereocenters. The smallest absolute Gasteiger partial charge is 0.211 e. The molecular weight excluding hydrogens is 503 g/mol. The monoisotopic (exact) mass is 532 g/mol. The average Bonchev–Trinajstić information content (AvgIpc) is 2.69. The molecule has 0 radical (unpaired) electrons. The number of halogens is 1. The minimum atomic E-state index is -3.19. The summed E-state index contributed by atoms with van der Waals surface area (Å²) in [7, 11) is -1.52. The topological polar surface area (TPSA) is 91.8 Å². The number of sulfonamides is 1. The van der Waals surface area contributed by atoms with Gasteiger partial charge in [0, 0.05) is 32.2 Å². The number of aryl methyl sites for hydroxylation is 1. The zero-order valence-corrected chi connectivity index (χ0v) is 20.1. The number of para-hydroxylation sites is 1. The summed E-state index contributed by atoms with van der Waals surface area (Å²) < 4.78 is 31.4. The standard InChI is InChI=1S/C20H28N4O3S.HI/c1-4-28(25,26)24-13-12-22-20(21-3)23-15-17-11-10-16(2)14-19(17)27-18-8-6-5-7-9-18;/h5-11,14,24H,4,12-13,15H2,1-3H3,(H2,21,22,23);1H. The second kappa shape index (κ2) is 12.7. The molecule has 0 aromatic heterocycles. The van der Waals surface area contributed by atoms with Crippen LogP contribution in [0.5, 0.6) is 11.5 Å².